The van der Waals surface area contributed by atoms with Gasteiger partial charge in [0.2, 0.25) is 0 Å². The van der Waals surface area contributed by atoms with Crippen LogP contribution in [-0.2, 0) is 16.1 Å². The normalized spacial score (nSPS) is 17.2. The first-order valence-corrected chi connectivity index (χ1v) is 11.1. The van der Waals surface area contributed by atoms with Crippen LogP contribution in [0, 0.1) is 0 Å². The number of ketones is 1. The maximum Gasteiger partial charge on any atom is 0.295 e. The summed E-state index contributed by atoms with van der Waals surface area (Å²) in [7, 11) is 1.53. The minimum atomic E-state index is -0.718. The Labute approximate surface area is 198 Å². The lowest BCUT2D eigenvalue weighted by Crippen LogP contribution is -2.31. The summed E-state index contributed by atoms with van der Waals surface area (Å²) < 4.78 is 12.7. The number of methoxy groups -OCH3 is 1. The van der Waals surface area contributed by atoms with Gasteiger partial charge in [-0.1, -0.05) is 24.3 Å². The van der Waals surface area contributed by atoms with Gasteiger partial charge < -0.3 is 24.0 Å². The minimum Gasteiger partial charge on any atom is -0.507 e. The van der Waals surface area contributed by atoms with Crippen molar-refractivity contribution in [3.05, 3.63) is 84.0 Å². The van der Waals surface area contributed by atoms with Crippen LogP contribution in [0.5, 0.6) is 11.5 Å². The lowest BCUT2D eigenvalue weighted by molar-refractivity contribution is -0.139. The van der Waals surface area contributed by atoms with Gasteiger partial charge in [0.1, 0.15) is 17.3 Å². The molecule has 0 bridgehead atoms. The largest absolute Gasteiger partial charge is 0.507 e. The molecule has 1 aliphatic rings. The third-order valence-corrected chi connectivity index (χ3v) is 5.76. The van der Waals surface area contributed by atoms with E-state index in [0.717, 1.165) is 5.56 Å². The van der Waals surface area contributed by atoms with E-state index in [2.05, 4.69) is 4.98 Å². The van der Waals surface area contributed by atoms with Crippen molar-refractivity contribution >= 4 is 17.4 Å². The third kappa shape index (κ3) is 4.66. The molecule has 1 saturated heterocycles. The molecular weight excluding hydrogens is 434 g/mol. The number of imidazole rings is 1. The van der Waals surface area contributed by atoms with E-state index in [4.69, 9.17) is 9.47 Å². The number of benzene rings is 2. The van der Waals surface area contributed by atoms with Crippen LogP contribution in [0.3, 0.4) is 0 Å². The zero-order valence-electron chi connectivity index (χ0n) is 19.2. The van der Waals surface area contributed by atoms with Crippen molar-refractivity contribution in [2.75, 3.05) is 20.3 Å². The van der Waals surface area contributed by atoms with Crippen molar-refractivity contribution in [2.24, 2.45) is 0 Å². The number of aromatic nitrogens is 2. The summed E-state index contributed by atoms with van der Waals surface area (Å²) in [6, 6.07) is 13.3. The van der Waals surface area contributed by atoms with Gasteiger partial charge in [-0.3, -0.25) is 9.59 Å². The molecule has 3 aromatic rings. The van der Waals surface area contributed by atoms with Gasteiger partial charge in [0.15, 0.2) is 0 Å². The number of rotatable bonds is 9. The van der Waals surface area contributed by atoms with Gasteiger partial charge in [-0.25, -0.2) is 4.98 Å². The molecule has 0 aliphatic carbocycles. The molecule has 0 spiro atoms. The number of Topliss-reactive ketones (excluding diaryl/α,β-unsaturated/α-hetero) is 1. The molecule has 2 aromatic carbocycles. The molecule has 176 valence electrons. The topological polar surface area (TPSA) is 93.9 Å². The van der Waals surface area contributed by atoms with Crippen LogP contribution in [0.1, 0.15) is 30.5 Å². The number of carbonyl (C=O) groups excluding carboxylic acids is 2. The second-order valence-electron chi connectivity index (χ2n) is 7.88. The summed E-state index contributed by atoms with van der Waals surface area (Å²) in [4.78, 5) is 31.8. The monoisotopic (exact) mass is 461 g/mol. The zero-order chi connectivity index (χ0) is 24.1. The Morgan fingerprint density at radius 1 is 1.09 bits per heavy atom. The van der Waals surface area contributed by atoms with Crippen LogP contribution in [-0.4, -0.2) is 51.5 Å². The molecule has 34 heavy (non-hydrogen) atoms. The van der Waals surface area contributed by atoms with E-state index in [1.807, 2.05) is 29.8 Å². The number of carbonyl (C=O) groups is 2. The molecule has 1 atom stereocenters. The molecule has 0 saturated carbocycles. The fourth-order valence-corrected chi connectivity index (χ4v) is 4.14. The van der Waals surface area contributed by atoms with Crippen LogP contribution >= 0.6 is 0 Å². The Hall–Kier alpha value is -4.07. The molecule has 1 aliphatic heterocycles. The molecule has 8 heteroatoms. The van der Waals surface area contributed by atoms with Crippen LogP contribution < -0.4 is 9.47 Å². The van der Waals surface area contributed by atoms with E-state index < -0.39 is 17.7 Å². The Morgan fingerprint density at radius 3 is 2.56 bits per heavy atom. The highest BCUT2D eigenvalue weighted by Gasteiger charge is 2.45. The minimum absolute atomic E-state index is 0.0602. The molecule has 2 heterocycles. The van der Waals surface area contributed by atoms with E-state index in [1.54, 1.807) is 48.9 Å². The van der Waals surface area contributed by atoms with Crippen molar-refractivity contribution < 1.29 is 24.2 Å². The molecular formula is C26H27N3O5. The van der Waals surface area contributed by atoms with E-state index in [0.29, 0.717) is 43.2 Å². The van der Waals surface area contributed by atoms with Crippen LogP contribution in [0.25, 0.3) is 5.76 Å². The van der Waals surface area contributed by atoms with Gasteiger partial charge in [0.05, 0.1) is 31.7 Å². The number of nitrogens with zero attached hydrogens (tertiary/aromatic N) is 3. The first-order valence-electron chi connectivity index (χ1n) is 11.1. The first-order chi connectivity index (χ1) is 16.5. The van der Waals surface area contributed by atoms with Crippen molar-refractivity contribution in [2.45, 2.75) is 25.9 Å². The molecule has 1 N–H and O–H groups in total. The number of hydrogen-bond acceptors (Lipinski definition) is 6. The maximum absolute atomic E-state index is 13.1. The second kappa shape index (κ2) is 10.2. The number of amides is 1. The van der Waals surface area contributed by atoms with Gasteiger partial charge in [-0.05, 0) is 43.2 Å². The second-order valence-corrected chi connectivity index (χ2v) is 7.88. The van der Waals surface area contributed by atoms with Gasteiger partial charge in [0, 0.05) is 31.0 Å². The van der Waals surface area contributed by atoms with E-state index in [9.17, 15) is 14.7 Å². The van der Waals surface area contributed by atoms with E-state index in [-0.39, 0.29) is 11.3 Å². The summed E-state index contributed by atoms with van der Waals surface area (Å²) in [6.07, 6.45) is 5.87. The van der Waals surface area contributed by atoms with Crippen LogP contribution in [0.4, 0.5) is 0 Å². The van der Waals surface area contributed by atoms with E-state index in [1.165, 1.54) is 12.0 Å². The molecule has 1 fully saturated rings. The average molecular weight is 462 g/mol. The van der Waals surface area contributed by atoms with Crippen LogP contribution in [0.15, 0.2) is 72.8 Å². The van der Waals surface area contributed by atoms with Crippen molar-refractivity contribution in [3.63, 3.8) is 0 Å². The molecule has 1 aromatic heterocycles. The third-order valence-electron chi connectivity index (χ3n) is 5.76. The Balaban J connectivity index is 1.73. The summed E-state index contributed by atoms with van der Waals surface area (Å²) in [5.74, 6) is -0.337. The highest BCUT2D eigenvalue weighted by molar-refractivity contribution is 6.46. The highest BCUT2D eigenvalue weighted by atomic mass is 16.5. The summed E-state index contributed by atoms with van der Waals surface area (Å²) in [6.45, 7) is 3.42. The summed E-state index contributed by atoms with van der Waals surface area (Å²) in [5, 5.41) is 11.2. The number of likely N-dealkylation sites (tertiary alicyclic amines) is 1. The Morgan fingerprint density at radius 2 is 1.88 bits per heavy atom. The van der Waals surface area contributed by atoms with Gasteiger partial charge in [0.25, 0.3) is 11.7 Å². The number of aliphatic hydroxyl groups is 1. The van der Waals surface area contributed by atoms with Gasteiger partial charge >= 0.3 is 0 Å². The zero-order valence-corrected chi connectivity index (χ0v) is 19.2. The highest BCUT2D eigenvalue weighted by Crippen LogP contribution is 2.40. The van der Waals surface area contributed by atoms with E-state index >= 15 is 0 Å². The fourth-order valence-electron chi connectivity index (χ4n) is 4.14. The number of hydrogen-bond donors (Lipinski definition) is 1. The SMILES string of the molecule is CCOc1ccc([C@H]2/C(=C(\O)c3cccc(OC)c3)C(=O)C(=O)N2CCCn2ccnc2)cc1. The van der Waals surface area contributed by atoms with Crippen molar-refractivity contribution in [3.8, 4) is 11.5 Å². The summed E-state index contributed by atoms with van der Waals surface area (Å²) in [5.41, 5.74) is 1.19. The fraction of sp³-hybridized carbons (Fsp3) is 0.269. The number of aryl methyl sites for hydroxylation is 1. The molecule has 1 amide bonds. The molecule has 0 unspecified atom stereocenters. The Bertz CT molecular complexity index is 1190. The standard InChI is InChI=1S/C26H27N3O5/c1-3-34-20-10-8-18(9-11-20)23-22(24(30)19-6-4-7-21(16-19)33-2)25(31)26(32)29(23)14-5-13-28-15-12-27-17-28/h4,6-12,15-17,23,30H,3,5,13-14H2,1-2H3/b24-22+/t23-/m0/s1. The number of ether oxygens (including phenoxy) is 2. The molecule has 0 radical (unpaired) electrons. The summed E-state index contributed by atoms with van der Waals surface area (Å²) >= 11 is 0. The molecule has 8 nitrogen and oxygen atoms in total. The average Bonchev–Trinajstić information content (AvgIpc) is 3.47. The number of aliphatic hydroxyl groups excluding tert-OH is 1. The molecule has 4 rings (SSSR count). The van der Waals surface area contributed by atoms with Crippen molar-refractivity contribution in [1.82, 2.24) is 14.5 Å². The predicted octanol–water partition coefficient (Wildman–Crippen LogP) is 3.80. The van der Waals surface area contributed by atoms with Gasteiger partial charge in [-0.15, -0.1) is 0 Å². The quantitative estimate of drug-likeness (QED) is 0.296. The first kappa shape index (κ1) is 23.1. The smallest absolute Gasteiger partial charge is 0.295 e. The van der Waals surface area contributed by atoms with Crippen LogP contribution in [0.2, 0.25) is 0 Å². The lowest BCUT2D eigenvalue weighted by Gasteiger charge is -2.25. The maximum atomic E-state index is 13.1. The Kier molecular flexibility index (Phi) is 6.96. The van der Waals surface area contributed by atoms with Gasteiger partial charge in [-0.2, -0.15) is 0 Å². The lowest BCUT2D eigenvalue weighted by atomic mass is 9.95. The predicted molar refractivity (Wildman–Crippen MR) is 126 cm³/mol. The van der Waals surface area contributed by atoms with Crippen molar-refractivity contribution in [1.29, 1.82) is 0 Å².